The lowest BCUT2D eigenvalue weighted by Crippen LogP contribution is -2.15. The van der Waals surface area contributed by atoms with E-state index in [-0.39, 0.29) is 18.3 Å². The van der Waals surface area contributed by atoms with Crippen LogP contribution in [0.5, 0.6) is 11.5 Å². The normalized spacial score (nSPS) is 10.7. The van der Waals surface area contributed by atoms with E-state index in [1.54, 1.807) is 18.2 Å². The van der Waals surface area contributed by atoms with E-state index >= 15 is 0 Å². The summed E-state index contributed by atoms with van der Waals surface area (Å²) in [4.78, 5) is 16.6. The Balaban J connectivity index is 1.77. The summed E-state index contributed by atoms with van der Waals surface area (Å²) in [7, 11) is 0. The molecule has 0 saturated carbocycles. The van der Waals surface area contributed by atoms with Crippen LogP contribution in [0.3, 0.4) is 0 Å². The van der Waals surface area contributed by atoms with E-state index in [0.29, 0.717) is 40.8 Å². The monoisotopic (exact) mass is 374 g/mol. The van der Waals surface area contributed by atoms with E-state index in [4.69, 9.17) is 25.5 Å². The van der Waals surface area contributed by atoms with Gasteiger partial charge in [-0.1, -0.05) is 23.7 Å². The van der Waals surface area contributed by atoms with E-state index in [1.165, 1.54) is 0 Å². The number of rotatable bonds is 7. The smallest absolute Gasteiger partial charge is 0.302 e. The van der Waals surface area contributed by atoms with Crippen molar-refractivity contribution < 1.29 is 18.7 Å². The zero-order valence-corrected chi connectivity index (χ0v) is 15.3. The molecular weight excluding hydrogens is 356 g/mol. The second kappa shape index (κ2) is 8.10. The molecule has 1 heterocycles. The molecule has 0 saturated heterocycles. The van der Waals surface area contributed by atoms with E-state index in [2.05, 4.69) is 10.3 Å². The predicted molar refractivity (Wildman–Crippen MR) is 100 cm³/mol. The minimum Gasteiger partial charge on any atom is -0.490 e. The van der Waals surface area contributed by atoms with Gasteiger partial charge in [-0.15, -0.1) is 0 Å². The van der Waals surface area contributed by atoms with Crippen LogP contribution in [0.15, 0.2) is 40.8 Å². The Labute approximate surface area is 156 Å². The highest BCUT2D eigenvalue weighted by Gasteiger charge is 2.16. The van der Waals surface area contributed by atoms with Crippen LogP contribution in [0.2, 0.25) is 5.02 Å². The van der Waals surface area contributed by atoms with E-state index < -0.39 is 0 Å². The number of amides is 1. The van der Waals surface area contributed by atoms with Crippen molar-refractivity contribution in [2.45, 2.75) is 20.3 Å². The Morgan fingerprint density at radius 1 is 1.19 bits per heavy atom. The summed E-state index contributed by atoms with van der Waals surface area (Å²) < 4.78 is 16.8. The van der Waals surface area contributed by atoms with Gasteiger partial charge in [0.05, 0.1) is 19.6 Å². The van der Waals surface area contributed by atoms with E-state index in [0.717, 1.165) is 5.56 Å². The first kappa shape index (κ1) is 18.1. The van der Waals surface area contributed by atoms with Gasteiger partial charge >= 0.3 is 6.01 Å². The Hall–Kier alpha value is -2.73. The molecule has 1 aromatic heterocycles. The lowest BCUT2D eigenvalue weighted by molar-refractivity contribution is -0.115. The van der Waals surface area contributed by atoms with Crippen LogP contribution in [0, 0.1) is 0 Å². The van der Waals surface area contributed by atoms with Gasteiger partial charge < -0.3 is 13.9 Å². The van der Waals surface area contributed by atoms with Gasteiger partial charge in [-0.05, 0) is 32.0 Å². The number of fused-ring (bicyclic) bond motifs is 1. The molecule has 7 heteroatoms. The van der Waals surface area contributed by atoms with Gasteiger partial charge in [0.2, 0.25) is 5.91 Å². The number of benzene rings is 2. The molecule has 136 valence electrons. The molecule has 3 rings (SSSR count). The van der Waals surface area contributed by atoms with Gasteiger partial charge in [-0.2, -0.15) is 4.98 Å². The van der Waals surface area contributed by atoms with Crippen molar-refractivity contribution in [2.24, 2.45) is 0 Å². The third-order valence-corrected chi connectivity index (χ3v) is 3.83. The number of anilines is 1. The highest BCUT2D eigenvalue weighted by molar-refractivity contribution is 6.31. The second-order valence-corrected chi connectivity index (χ2v) is 5.90. The van der Waals surface area contributed by atoms with E-state index in [1.807, 2.05) is 32.0 Å². The molecule has 0 atom stereocenters. The summed E-state index contributed by atoms with van der Waals surface area (Å²) in [5.41, 5.74) is 1.87. The third-order valence-electron chi connectivity index (χ3n) is 3.60. The van der Waals surface area contributed by atoms with Crippen LogP contribution in [-0.2, 0) is 11.2 Å². The van der Waals surface area contributed by atoms with Crippen LogP contribution < -0.4 is 14.8 Å². The fraction of sp³-hybridized carbons (Fsp3) is 0.263. The first-order chi connectivity index (χ1) is 12.6. The van der Waals surface area contributed by atoms with Gasteiger partial charge in [-0.25, -0.2) is 0 Å². The van der Waals surface area contributed by atoms with Gasteiger partial charge in [0.25, 0.3) is 0 Å². The molecule has 0 aliphatic heterocycles. The van der Waals surface area contributed by atoms with Crippen LogP contribution >= 0.6 is 11.6 Å². The van der Waals surface area contributed by atoms with Crippen molar-refractivity contribution in [1.82, 2.24) is 4.98 Å². The molecule has 0 unspecified atom stereocenters. The highest BCUT2D eigenvalue weighted by atomic mass is 35.5. The minimum atomic E-state index is -0.266. The summed E-state index contributed by atoms with van der Waals surface area (Å²) in [6.07, 6.45) is 0.107. The summed E-state index contributed by atoms with van der Waals surface area (Å²) in [5.74, 6) is 0.935. The van der Waals surface area contributed by atoms with Crippen LogP contribution in [0.4, 0.5) is 6.01 Å². The Morgan fingerprint density at radius 2 is 2.00 bits per heavy atom. The maximum absolute atomic E-state index is 12.4. The van der Waals surface area contributed by atoms with Crippen molar-refractivity contribution in [1.29, 1.82) is 0 Å². The fourth-order valence-corrected chi connectivity index (χ4v) is 2.73. The van der Waals surface area contributed by atoms with Crippen molar-refractivity contribution in [3.63, 3.8) is 0 Å². The molecule has 1 N–H and O–H groups in total. The van der Waals surface area contributed by atoms with Crippen LogP contribution in [-0.4, -0.2) is 24.1 Å². The number of ether oxygens (including phenoxy) is 2. The number of aromatic nitrogens is 1. The van der Waals surface area contributed by atoms with Crippen molar-refractivity contribution in [3.05, 3.63) is 47.0 Å². The minimum absolute atomic E-state index is 0.107. The number of halogens is 1. The second-order valence-electron chi connectivity index (χ2n) is 5.47. The molecule has 26 heavy (non-hydrogen) atoms. The molecular formula is C19H19ClN2O4. The zero-order chi connectivity index (χ0) is 18.5. The maximum Gasteiger partial charge on any atom is 0.302 e. The van der Waals surface area contributed by atoms with Crippen molar-refractivity contribution >= 4 is 34.6 Å². The van der Waals surface area contributed by atoms with E-state index in [9.17, 15) is 4.79 Å². The molecule has 0 bridgehead atoms. The number of nitrogens with one attached hydrogen (secondary N) is 1. The van der Waals surface area contributed by atoms with Crippen LogP contribution in [0.25, 0.3) is 11.1 Å². The number of carbonyl (C=O) groups excluding carboxylic acids is 1. The lowest BCUT2D eigenvalue weighted by atomic mass is 10.1. The van der Waals surface area contributed by atoms with Crippen molar-refractivity contribution in [3.8, 4) is 11.5 Å². The molecule has 0 fully saturated rings. The SMILES string of the molecule is CCOc1cccc(CC(=O)Nc2nc3ccc(Cl)cc3o2)c1OCC. The van der Waals surface area contributed by atoms with Gasteiger partial charge in [0.15, 0.2) is 17.1 Å². The standard InChI is InChI=1S/C19H19ClN2O4/c1-3-24-15-7-5-6-12(18(15)25-4-2)10-17(23)22-19-21-14-9-8-13(20)11-16(14)26-19/h5-9,11H,3-4,10H2,1-2H3,(H,21,22,23). The molecule has 0 radical (unpaired) electrons. The quantitative estimate of drug-likeness (QED) is 0.661. The first-order valence-corrected chi connectivity index (χ1v) is 8.72. The van der Waals surface area contributed by atoms with Crippen LogP contribution in [0.1, 0.15) is 19.4 Å². The first-order valence-electron chi connectivity index (χ1n) is 8.34. The van der Waals surface area contributed by atoms with Gasteiger partial charge in [0, 0.05) is 16.7 Å². The summed E-state index contributed by atoms with van der Waals surface area (Å²) >= 11 is 5.93. The average molecular weight is 375 g/mol. The number of hydrogen-bond donors (Lipinski definition) is 1. The molecule has 0 aliphatic carbocycles. The zero-order valence-electron chi connectivity index (χ0n) is 14.5. The molecule has 3 aromatic rings. The largest absolute Gasteiger partial charge is 0.490 e. The number of hydrogen-bond acceptors (Lipinski definition) is 5. The average Bonchev–Trinajstić information content (AvgIpc) is 2.99. The third kappa shape index (κ3) is 4.08. The molecule has 0 spiro atoms. The molecule has 6 nitrogen and oxygen atoms in total. The summed E-state index contributed by atoms with van der Waals surface area (Å²) in [6.45, 7) is 4.77. The highest BCUT2D eigenvalue weighted by Crippen LogP contribution is 2.32. The number of oxazole rings is 1. The number of nitrogens with zero attached hydrogens (tertiary/aromatic N) is 1. The van der Waals surface area contributed by atoms with Gasteiger partial charge in [0.1, 0.15) is 5.52 Å². The van der Waals surface area contributed by atoms with Gasteiger partial charge in [-0.3, -0.25) is 10.1 Å². The Bertz CT molecular complexity index is 923. The topological polar surface area (TPSA) is 73.6 Å². The summed E-state index contributed by atoms with van der Waals surface area (Å²) in [6, 6.07) is 10.7. The number of carbonyl (C=O) groups is 1. The fourth-order valence-electron chi connectivity index (χ4n) is 2.57. The lowest BCUT2D eigenvalue weighted by Gasteiger charge is -2.14. The predicted octanol–water partition coefficient (Wildman–Crippen LogP) is 4.46. The molecule has 1 amide bonds. The Kier molecular flexibility index (Phi) is 5.63. The number of para-hydroxylation sites is 1. The van der Waals surface area contributed by atoms with Crippen molar-refractivity contribution in [2.75, 3.05) is 18.5 Å². The summed E-state index contributed by atoms with van der Waals surface area (Å²) in [5, 5.41) is 3.21. The Morgan fingerprint density at radius 3 is 2.77 bits per heavy atom. The molecule has 0 aliphatic rings. The molecule has 2 aromatic carbocycles. The maximum atomic E-state index is 12.4.